The Hall–Kier alpha value is -0.690. The minimum absolute atomic E-state index is 0.0850. The van der Waals surface area contributed by atoms with E-state index in [0.29, 0.717) is 12.8 Å². The minimum atomic E-state index is -0.834. The fourth-order valence-corrected chi connectivity index (χ4v) is 3.64. The number of hydrogen-bond acceptors (Lipinski definition) is 6. The fraction of sp³-hybridized carbons (Fsp3) is 0.923. The molecule has 108 valence electrons. The Morgan fingerprint density at radius 3 is 2.89 bits per heavy atom. The lowest BCUT2D eigenvalue weighted by Crippen LogP contribution is -2.54. The van der Waals surface area contributed by atoms with Crippen LogP contribution in [0.15, 0.2) is 0 Å². The molecule has 2 N–H and O–H groups in total. The second kappa shape index (κ2) is 4.70. The van der Waals surface area contributed by atoms with E-state index in [9.17, 15) is 15.0 Å². The number of ether oxygens (including phenoxy) is 3. The maximum atomic E-state index is 11.3. The van der Waals surface area contributed by atoms with Gasteiger partial charge in [-0.2, -0.15) is 0 Å². The average molecular weight is 272 g/mol. The highest BCUT2D eigenvalue weighted by Gasteiger charge is 2.59. The van der Waals surface area contributed by atoms with E-state index in [1.165, 1.54) is 7.11 Å². The van der Waals surface area contributed by atoms with Crippen LogP contribution in [0.5, 0.6) is 0 Å². The maximum Gasteiger partial charge on any atom is 0.308 e. The van der Waals surface area contributed by atoms with Crippen LogP contribution in [0, 0.1) is 0 Å². The molecule has 0 aromatic carbocycles. The molecule has 3 unspecified atom stereocenters. The SMILES string of the molecule is COC(=O)CC1CCC2O[C@@H]3CC2(C[C@@H](O)[C@H]3O)O1. The molecule has 1 saturated carbocycles. The van der Waals surface area contributed by atoms with Crippen molar-refractivity contribution < 1.29 is 29.2 Å². The predicted octanol–water partition coefficient (Wildman–Crippen LogP) is -0.250. The number of hydrogen-bond donors (Lipinski definition) is 2. The van der Waals surface area contributed by atoms with Gasteiger partial charge in [0, 0.05) is 12.8 Å². The number of methoxy groups -OCH3 is 1. The van der Waals surface area contributed by atoms with E-state index in [0.717, 1.165) is 12.8 Å². The summed E-state index contributed by atoms with van der Waals surface area (Å²) in [4.78, 5) is 11.3. The van der Waals surface area contributed by atoms with Gasteiger partial charge in [-0.1, -0.05) is 0 Å². The van der Waals surface area contributed by atoms with Gasteiger partial charge < -0.3 is 24.4 Å². The standard InChI is InChI=1S/C13H20O6/c1-17-11(15)4-7-2-3-10-13(19-7)5-8(14)12(16)9(6-13)18-10/h7-10,12,14,16H,2-6H2,1H3/t7?,8-,9-,10?,12-,13?/m1/s1. The minimum Gasteiger partial charge on any atom is -0.469 e. The second-order valence-corrected chi connectivity index (χ2v) is 5.79. The quantitative estimate of drug-likeness (QED) is 0.674. The molecule has 3 fully saturated rings. The highest BCUT2D eigenvalue weighted by molar-refractivity contribution is 5.69. The molecular weight excluding hydrogens is 252 g/mol. The Morgan fingerprint density at radius 2 is 2.16 bits per heavy atom. The average Bonchev–Trinajstić information content (AvgIpc) is 2.70. The molecule has 19 heavy (non-hydrogen) atoms. The van der Waals surface area contributed by atoms with Gasteiger partial charge in [0.25, 0.3) is 0 Å². The van der Waals surface area contributed by atoms with Crippen LogP contribution in [-0.2, 0) is 19.0 Å². The number of rotatable bonds is 2. The van der Waals surface area contributed by atoms with Crippen molar-refractivity contribution >= 4 is 5.97 Å². The van der Waals surface area contributed by atoms with Gasteiger partial charge in [0.05, 0.1) is 43.5 Å². The summed E-state index contributed by atoms with van der Waals surface area (Å²) in [5.41, 5.74) is -0.541. The van der Waals surface area contributed by atoms with Gasteiger partial charge in [-0.25, -0.2) is 0 Å². The zero-order valence-corrected chi connectivity index (χ0v) is 10.9. The molecule has 0 amide bonds. The largest absolute Gasteiger partial charge is 0.469 e. The molecule has 3 aliphatic rings. The van der Waals surface area contributed by atoms with Crippen molar-refractivity contribution in [3.8, 4) is 0 Å². The van der Waals surface area contributed by atoms with Gasteiger partial charge >= 0.3 is 5.97 Å². The Morgan fingerprint density at radius 1 is 1.37 bits per heavy atom. The molecule has 1 aliphatic carbocycles. The van der Waals surface area contributed by atoms with Crippen LogP contribution in [-0.4, -0.2) is 59.4 Å². The molecule has 0 aromatic rings. The summed E-state index contributed by atoms with van der Waals surface area (Å²) in [6.07, 6.45) is 0.434. The molecule has 3 rings (SSSR count). The van der Waals surface area contributed by atoms with Crippen molar-refractivity contribution in [2.75, 3.05) is 7.11 Å². The fourth-order valence-electron chi connectivity index (χ4n) is 3.64. The summed E-state index contributed by atoms with van der Waals surface area (Å²) in [7, 11) is 1.36. The van der Waals surface area contributed by atoms with Crippen molar-refractivity contribution in [1.82, 2.24) is 0 Å². The smallest absolute Gasteiger partial charge is 0.308 e. The molecule has 1 spiro atoms. The van der Waals surface area contributed by atoms with E-state index in [1.54, 1.807) is 0 Å². The molecule has 6 heteroatoms. The summed E-state index contributed by atoms with van der Waals surface area (Å²) < 4.78 is 16.5. The van der Waals surface area contributed by atoms with Gasteiger partial charge in [0.1, 0.15) is 6.10 Å². The summed E-state index contributed by atoms with van der Waals surface area (Å²) in [5, 5.41) is 19.8. The van der Waals surface area contributed by atoms with E-state index in [2.05, 4.69) is 4.74 Å². The van der Waals surface area contributed by atoms with Crippen LogP contribution >= 0.6 is 0 Å². The van der Waals surface area contributed by atoms with Gasteiger partial charge in [0.15, 0.2) is 0 Å². The van der Waals surface area contributed by atoms with Crippen LogP contribution in [0.2, 0.25) is 0 Å². The molecule has 2 heterocycles. The Labute approximate surface area is 111 Å². The molecule has 0 aromatic heterocycles. The van der Waals surface area contributed by atoms with Crippen LogP contribution in [0.4, 0.5) is 0 Å². The first-order chi connectivity index (χ1) is 9.04. The topological polar surface area (TPSA) is 85.2 Å². The van der Waals surface area contributed by atoms with E-state index >= 15 is 0 Å². The van der Waals surface area contributed by atoms with E-state index < -0.39 is 17.8 Å². The van der Waals surface area contributed by atoms with Crippen LogP contribution in [0.3, 0.4) is 0 Å². The van der Waals surface area contributed by atoms with Gasteiger partial charge in [-0.05, 0) is 12.8 Å². The predicted molar refractivity (Wildman–Crippen MR) is 63.4 cm³/mol. The highest BCUT2D eigenvalue weighted by Crippen LogP contribution is 2.49. The summed E-state index contributed by atoms with van der Waals surface area (Å²) in [6.45, 7) is 0. The molecule has 6 atom stereocenters. The molecule has 2 saturated heterocycles. The Bertz CT molecular complexity index is 372. The normalized spacial score (nSPS) is 48.7. The lowest BCUT2D eigenvalue weighted by Gasteiger charge is -2.44. The molecule has 6 nitrogen and oxygen atoms in total. The first kappa shape index (κ1) is 13.3. The number of carbonyl (C=O) groups excluding carboxylic acids is 1. The lowest BCUT2D eigenvalue weighted by molar-refractivity contribution is -0.184. The van der Waals surface area contributed by atoms with Gasteiger partial charge in [0.2, 0.25) is 0 Å². The molecule has 2 aliphatic heterocycles. The van der Waals surface area contributed by atoms with E-state index in [-0.39, 0.29) is 30.7 Å². The molecular formula is C13H20O6. The Kier molecular flexibility index (Phi) is 3.29. The highest BCUT2D eigenvalue weighted by atomic mass is 16.6. The first-order valence-corrected chi connectivity index (χ1v) is 6.80. The van der Waals surface area contributed by atoms with Gasteiger partial charge in [-0.3, -0.25) is 4.79 Å². The van der Waals surface area contributed by atoms with Crippen LogP contribution in [0.25, 0.3) is 0 Å². The third kappa shape index (κ3) is 2.16. The third-order valence-corrected chi connectivity index (χ3v) is 4.58. The number of aliphatic hydroxyl groups is 2. The number of carbonyl (C=O) groups is 1. The summed E-state index contributed by atoms with van der Waals surface area (Å²) in [5.74, 6) is -0.285. The summed E-state index contributed by atoms with van der Waals surface area (Å²) in [6, 6.07) is 0. The zero-order chi connectivity index (χ0) is 13.6. The summed E-state index contributed by atoms with van der Waals surface area (Å²) >= 11 is 0. The molecule has 2 bridgehead atoms. The second-order valence-electron chi connectivity index (χ2n) is 5.79. The van der Waals surface area contributed by atoms with Crippen molar-refractivity contribution in [2.24, 2.45) is 0 Å². The van der Waals surface area contributed by atoms with Crippen molar-refractivity contribution in [3.63, 3.8) is 0 Å². The van der Waals surface area contributed by atoms with Crippen molar-refractivity contribution in [3.05, 3.63) is 0 Å². The van der Waals surface area contributed by atoms with Crippen LogP contribution < -0.4 is 0 Å². The maximum absolute atomic E-state index is 11.3. The van der Waals surface area contributed by atoms with Crippen molar-refractivity contribution in [1.29, 1.82) is 0 Å². The molecule has 0 radical (unpaired) electrons. The monoisotopic (exact) mass is 272 g/mol. The van der Waals surface area contributed by atoms with E-state index in [4.69, 9.17) is 9.47 Å². The van der Waals surface area contributed by atoms with E-state index in [1.807, 2.05) is 0 Å². The van der Waals surface area contributed by atoms with Gasteiger partial charge in [-0.15, -0.1) is 0 Å². The van der Waals surface area contributed by atoms with Crippen molar-refractivity contribution in [2.45, 2.75) is 68.2 Å². The van der Waals surface area contributed by atoms with Crippen LogP contribution in [0.1, 0.15) is 32.1 Å². The third-order valence-electron chi connectivity index (χ3n) is 4.58. The zero-order valence-electron chi connectivity index (χ0n) is 10.9. The first-order valence-electron chi connectivity index (χ1n) is 6.80. The number of aliphatic hydroxyl groups excluding tert-OH is 2. The Balaban J connectivity index is 1.73. The lowest BCUT2D eigenvalue weighted by atomic mass is 9.76. The number of fused-ring (bicyclic) bond motifs is 1. The number of esters is 1.